The molecule has 8 nitrogen and oxygen atoms in total. The molecule has 0 aromatic carbocycles. The summed E-state index contributed by atoms with van der Waals surface area (Å²) in [5.74, 6) is 0.970. The number of hydrogen-bond acceptors (Lipinski definition) is 7. The fourth-order valence-corrected chi connectivity index (χ4v) is 2.05. The first kappa shape index (κ1) is 15.6. The molecule has 3 aromatic heterocycles. The van der Waals surface area contributed by atoms with Gasteiger partial charge in [0, 0.05) is 30.7 Å². The van der Waals surface area contributed by atoms with Crippen LogP contribution in [0.25, 0.3) is 0 Å². The second kappa shape index (κ2) is 6.86. The Bertz CT molecular complexity index is 847. The Morgan fingerprint density at radius 2 is 1.96 bits per heavy atom. The van der Waals surface area contributed by atoms with Crippen LogP contribution in [0.2, 0.25) is 0 Å². The molecule has 1 amide bonds. The molecule has 8 heteroatoms. The molecule has 122 valence electrons. The van der Waals surface area contributed by atoms with Crippen molar-refractivity contribution < 1.29 is 9.32 Å². The number of hydrogen-bond donors (Lipinski definition) is 2. The first-order chi connectivity index (χ1) is 11.6. The van der Waals surface area contributed by atoms with E-state index in [0.29, 0.717) is 29.8 Å². The number of aryl methyl sites for hydroxylation is 2. The Hall–Kier alpha value is -3.29. The van der Waals surface area contributed by atoms with Gasteiger partial charge in [0.25, 0.3) is 5.91 Å². The van der Waals surface area contributed by atoms with E-state index >= 15 is 0 Å². The van der Waals surface area contributed by atoms with Gasteiger partial charge >= 0.3 is 0 Å². The highest BCUT2D eigenvalue weighted by molar-refractivity contribution is 6.02. The Morgan fingerprint density at radius 3 is 2.67 bits per heavy atom. The third-order valence-corrected chi connectivity index (χ3v) is 3.16. The van der Waals surface area contributed by atoms with Gasteiger partial charge in [-0.25, -0.2) is 9.97 Å². The summed E-state index contributed by atoms with van der Waals surface area (Å²) < 4.78 is 4.92. The fraction of sp³-hybridized carbons (Fsp3) is 0.188. The van der Waals surface area contributed by atoms with Crippen LogP contribution >= 0.6 is 0 Å². The molecular weight excluding hydrogens is 308 g/mol. The summed E-state index contributed by atoms with van der Waals surface area (Å²) in [5, 5.41) is 9.47. The van der Waals surface area contributed by atoms with Crippen LogP contribution in [-0.4, -0.2) is 26.0 Å². The molecule has 2 N–H and O–H groups in total. The first-order valence-electron chi connectivity index (χ1n) is 7.33. The second-order valence-corrected chi connectivity index (χ2v) is 5.20. The molecule has 0 saturated heterocycles. The standard InChI is InChI=1S/C16H16N6O2/c1-10-7-13(15(23)21-14-8-11(2)24-22-14)20-16(19-10)18-9-12-3-5-17-6-4-12/h3-8H,9H2,1-2H3,(H,18,19,20)(H,21,22,23). The van der Waals surface area contributed by atoms with E-state index in [1.807, 2.05) is 12.1 Å². The van der Waals surface area contributed by atoms with Gasteiger partial charge in [0.2, 0.25) is 5.95 Å². The van der Waals surface area contributed by atoms with Crippen LogP contribution in [0.3, 0.4) is 0 Å². The Balaban J connectivity index is 1.72. The number of amides is 1. The number of anilines is 2. The van der Waals surface area contributed by atoms with Gasteiger partial charge in [0.15, 0.2) is 5.82 Å². The van der Waals surface area contributed by atoms with Crippen molar-refractivity contribution >= 4 is 17.7 Å². The van der Waals surface area contributed by atoms with Crippen molar-refractivity contribution in [1.29, 1.82) is 0 Å². The molecule has 0 aliphatic rings. The van der Waals surface area contributed by atoms with Gasteiger partial charge in [-0.3, -0.25) is 9.78 Å². The summed E-state index contributed by atoms with van der Waals surface area (Å²) >= 11 is 0. The van der Waals surface area contributed by atoms with Gasteiger partial charge in [-0.05, 0) is 37.6 Å². The highest BCUT2D eigenvalue weighted by atomic mass is 16.5. The monoisotopic (exact) mass is 324 g/mol. The number of rotatable bonds is 5. The molecule has 0 aliphatic carbocycles. The van der Waals surface area contributed by atoms with Crippen LogP contribution in [0.15, 0.2) is 41.2 Å². The molecule has 0 fully saturated rings. The van der Waals surface area contributed by atoms with Gasteiger partial charge in [0.1, 0.15) is 11.5 Å². The van der Waals surface area contributed by atoms with E-state index in [9.17, 15) is 4.79 Å². The van der Waals surface area contributed by atoms with Crippen molar-refractivity contribution in [3.05, 3.63) is 59.4 Å². The zero-order valence-corrected chi connectivity index (χ0v) is 13.3. The van der Waals surface area contributed by atoms with E-state index in [1.54, 1.807) is 38.4 Å². The van der Waals surface area contributed by atoms with Crippen molar-refractivity contribution in [1.82, 2.24) is 20.1 Å². The van der Waals surface area contributed by atoms with Gasteiger partial charge in [0.05, 0.1) is 0 Å². The minimum Gasteiger partial charge on any atom is -0.360 e. The van der Waals surface area contributed by atoms with Crippen LogP contribution in [0.5, 0.6) is 0 Å². The number of pyridine rings is 1. The highest BCUT2D eigenvalue weighted by Gasteiger charge is 2.13. The fourth-order valence-electron chi connectivity index (χ4n) is 2.05. The van der Waals surface area contributed by atoms with Crippen molar-refractivity contribution in [3.63, 3.8) is 0 Å². The molecular formula is C16H16N6O2. The molecule has 3 rings (SSSR count). The minimum absolute atomic E-state index is 0.250. The van der Waals surface area contributed by atoms with Gasteiger partial charge < -0.3 is 15.2 Å². The van der Waals surface area contributed by atoms with E-state index in [-0.39, 0.29) is 11.6 Å². The van der Waals surface area contributed by atoms with Crippen LogP contribution in [0, 0.1) is 13.8 Å². The predicted octanol–water partition coefficient (Wildman–Crippen LogP) is 2.34. The minimum atomic E-state index is -0.374. The highest BCUT2D eigenvalue weighted by Crippen LogP contribution is 2.11. The topological polar surface area (TPSA) is 106 Å². The Labute approximate surface area is 138 Å². The second-order valence-electron chi connectivity index (χ2n) is 5.20. The largest absolute Gasteiger partial charge is 0.360 e. The summed E-state index contributed by atoms with van der Waals surface area (Å²) in [6.07, 6.45) is 3.43. The smallest absolute Gasteiger partial charge is 0.275 e. The Kier molecular flexibility index (Phi) is 4.46. The zero-order chi connectivity index (χ0) is 16.9. The maximum Gasteiger partial charge on any atom is 0.275 e. The quantitative estimate of drug-likeness (QED) is 0.742. The van der Waals surface area contributed by atoms with Crippen molar-refractivity contribution in [2.45, 2.75) is 20.4 Å². The lowest BCUT2D eigenvalue weighted by atomic mass is 10.3. The van der Waals surface area contributed by atoms with E-state index in [1.165, 1.54) is 0 Å². The first-order valence-corrected chi connectivity index (χ1v) is 7.33. The van der Waals surface area contributed by atoms with Gasteiger partial charge in [-0.1, -0.05) is 5.16 Å². The number of aromatic nitrogens is 4. The lowest BCUT2D eigenvalue weighted by Gasteiger charge is -2.08. The third-order valence-electron chi connectivity index (χ3n) is 3.16. The van der Waals surface area contributed by atoms with Crippen LogP contribution in [-0.2, 0) is 6.54 Å². The van der Waals surface area contributed by atoms with E-state index in [4.69, 9.17) is 4.52 Å². The van der Waals surface area contributed by atoms with Crippen LogP contribution in [0.1, 0.15) is 27.5 Å². The molecule has 0 bridgehead atoms. The van der Waals surface area contributed by atoms with Gasteiger partial charge in [-0.2, -0.15) is 0 Å². The van der Waals surface area contributed by atoms with E-state index < -0.39 is 0 Å². The summed E-state index contributed by atoms with van der Waals surface area (Å²) in [4.78, 5) is 24.8. The summed E-state index contributed by atoms with van der Waals surface area (Å²) in [5.41, 5.74) is 1.98. The maximum absolute atomic E-state index is 12.3. The summed E-state index contributed by atoms with van der Waals surface area (Å²) in [6, 6.07) is 7.03. The van der Waals surface area contributed by atoms with E-state index in [0.717, 1.165) is 5.56 Å². The summed E-state index contributed by atoms with van der Waals surface area (Å²) in [7, 11) is 0. The number of nitrogens with one attached hydrogen (secondary N) is 2. The molecule has 3 aromatic rings. The van der Waals surface area contributed by atoms with Crippen molar-refractivity contribution in [2.24, 2.45) is 0 Å². The molecule has 24 heavy (non-hydrogen) atoms. The molecule has 3 heterocycles. The summed E-state index contributed by atoms with van der Waals surface area (Å²) in [6.45, 7) is 4.09. The average Bonchev–Trinajstić information content (AvgIpc) is 2.98. The number of nitrogens with zero attached hydrogens (tertiary/aromatic N) is 4. The van der Waals surface area contributed by atoms with Crippen LogP contribution in [0.4, 0.5) is 11.8 Å². The van der Waals surface area contributed by atoms with Crippen LogP contribution < -0.4 is 10.6 Å². The molecule has 0 radical (unpaired) electrons. The predicted molar refractivity (Wildman–Crippen MR) is 87.5 cm³/mol. The van der Waals surface area contributed by atoms with Crippen molar-refractivity contribution in [2.75, 3.05) is 10.6 Å². The zero-order valence-electron chi connectivity index (χ0n) is 13.3. The van der Waals surface area contributed by atoms with Gasteiger partial charge in [-0.15, -0.1) is 0 Å². The van der Waals surface area contributed by atoms with Crippen molar-refractivity contribution in [3.8, 4) is 0 Å². The molecule has 0 spiro atoms. The lowest BCUT2D eigenvalue weighted by molar-refractivity contribution is 0.102. The lowest BCUT2D eigenvalue weighted by Crippen LogP contribution is -2.16. The maximum atomic E-state index is 12.3. The molecule has 0 unspecified atom stereocenters. The normalized spacial score (nSPS) is 10.4. The number of carbonyl (C=O) groups excluding carboxylic acids is 1. The molecule has 0 saturated carbocycles. The SMILES string of the molecule is Cc1cc(C(=O)Nc2cc(C)on2)nc(NCc2ccncc2)n1. The molecule has 0 aliphatic heterocycles. The third kappa shape index (κ3) is 3.92. The average molecular weight is 324 g/mol. The number of carbonyl (C=O) groups is 1. The molecule has 0 atom stereocenters. The van der Waals surface area contributed by atoms with E-state index in [2.05, 4.69) is 30.7 Å². The Morgan fingerprint density at radius 1 is 1.17 bits per heavy atom.